The fourth-order valence-corrected chi connectivity index (χ4v) is 3.40. The first-order valence-corrected chi connectivity index (χ1v) is 8.86. The average Bonchev–Trinajstić information content (AvgIpc) is 2.69. The van der Waals surface area contributed by atoms with Crippen molar-refractivity contribution < 1.29 is 9.18 Å². The molecular weight excluding hydrogens is 347 g/mol. The first kappa shape index (κ1) is 17.4. The number of amides is 1. The van der Waals surface area contributed by atoms with Crippen LogP contribution in [0, 0.1) is 5.82 Å². The molecular formula is C20H19FN4O2. The fraction of sp³-hybridized carbons (Fsp3) is 0.250. The van der Waals surface area contributed by atoms with Crippen LogP contribution in [0.25, 0.3) is 10.9 Å². The highest BCUT2D eigenvalue weighted by Gasteiger charge is 2.25. The maximum atomic E-state index is 13.1. The zero-order valence-electron chi connectivity index (χ0n) is 14.6. The number of H-pyrrole nitrogens is 1. The first-order chi connectivity index (χ1) is 13.1. The molecule has 1 fully saturated rings. The number of nitrogens with zero attached hydrogens (tertiary/aromatic N) is 2. The molecule has 0 saturated carbocycles. The van der Waals surface area contributed by atoms with Crippen LogP contribution in [0.1, 0.15) is 16.1 Å². The molecule has 0 aliphatic carbocycles. The van der Waals surface area contributed by atoms with Crippen molar-refractivity contribution in [2.24, 2.45) is 0 Å². The molecule has 138 valence electrons. The number of benzene rings is 1. The molecule has 6 nitrogen and oxygen atoms in total. The lowest BCUT2D eigenvalue weighted by Crippen LogP contribution is -2.53. The van der Waals surface area contributed by atoms with Crippen molar-refractivity contribution in [1.29, 1.82) is 0 Å². The van der Waals surface area contributed by atoms with E-state index in [1.54, 1.807) is 35.2 Å². The number of nitrogens with one attached hydrogen (secondary N) is 2. The van der Waals surface area contributed by atoms with Crippen molar-refractivity contribution in [2.45, 2.75) is 12.5 Å². The number of rotatable bonds is 3. The van der Waals surface area contributed by atoms with Crippen LogP contribution in [0.2, 0.25) is 0 Å². The van der Waals surface area contributed by atoms with E-state index in [9.17, 15) is 14.0 Å². The van der Waals surface area contributed by atoms with Gasteiger partial charge in [-0.2, -0.15) is 0 Å². The van der Waals surface area contributed by atoms with Gasteiger partial charge in [0.15, 0.2) is 0 Å². The van der Waals surface area contributed by atoms with Crippen LogP contribution < -0.4 is 10.9 Å². The number of hydrogen-bond acceptors (Lipinski definition) is 4. The molecule has 27 heavy (non-hydrogen) atoms. The average molecular weight is 366 g/mol. The topological polar surface area (TPSA) is 78.1 Å². The molecule has 1 unspecified atom stereocenters. The van der Waals surface area contributed by atoms with Crippen molar-refractivity contribution in [3.63, 3.8) is 0 Å². The number of fused-ring (bicyclic) bond motifs is 1. The van der Waals surface area contributed by atoms with Crippen LogP contribution >= 0.6 is 0 Å². The zero-order valence-corrected chi connectivity index (χ0v) is 14.6. The molecule has 3 heterocycles. The Kier molecular flexibility index (Phi) is 4.68. The molecule has 1 atom stereocenters. The third-order valence-corrected chi connectivity index (χ3v) is 4.78. The van der Waals surface area contributed by atoms with Gasteiger partial charge in [-0.1, -0.05) is 12.1 Å². The van der Waals surface area contributed by atoms with Gasteiger partial charge in [0.05, 0.1) is 10.9 Å². The summed E-state index contributed by atoms with van der Waals surface area (Å²) >= 11 is 0. The lowest BCUT2D eigenvalue weighted by molar-refractivity contribution is 0.0697. The van der Waals surface area contributed by atoms with E-state index in [2.05, 4.69) is 15.3 Å². The van der Waals surface area contributed by atoms with E-state index >= 15 is 0 Å². The van der Waals surface area contributed by atoms with Crippen molar-refractivity contribution in [2.75, 3.05) is 19.6 Å². The summed E-state index contributed by atoms with van der Waals surface area (Å²) in [7, 11) is 0. The summed E-state index contributed by atoms with van der Waals surface area (Å²) in [6, 6.07) is 11.4. The SMILES string of the molecule is O=C(c1ccc2c(=O)[nH]ccc2n1)N1CCNC(Cc2ccc(F)cc2)C1. The largest absolute Gasteiger partial charge is 0.334 e. The lowest BCUT2D eigenvalue weighted by atomic mass is 10.0. The molecule has 1 aliphatic heterocycles. The molecule has 3 aromatic rings. The molecule has 0 spiro atoms. The second-order valence-electron chi connectivity index (χ2n) is 6.67. The summed E-state index contributed by atoms with van der Waals surface area (Å²) in [5.74, 6) is -0.406. The standard InChI is InChI=1S/C20H19FN4O2/c21-14-3-1-13(2-4-14)11-15-12-25(10-9-22-15)20(27)18-6-5-16-17(24-18)7-8-23-19(16)26/h1-8,15,22H,9-12H2,(H,23,26). The van der Waals surface area contributed by atoms with Crippen molar-refractivity contribution in [3.05, 3.63) is 76.1 Å². The second kappa shape index (κ2) is 7.28. The van der Waals surface area contributed by atoms with Crippen LogP contribution in [0.5, 0.6) is 0 Å². The van der Waals surface area contributed by atoms with Gasteiger partial charge in [0.2, 0.25) is 0 Å². The van der Waals surface area contributed by atoms with Crippen molar-refractivity contribution in [1.82, 2.24) is 20.2 Å². The number of carbonyl (C=O) groups is 1. The van der Waals surface area contributed by atoms with Gasteiger partial charge in [-0.15, -0.1) is 0 Å². The molecule has 7 heteroatoms. The summed E-state index contributed by atoms with van der Waals surface area (Å²) in [5, 5.41) is 3.86. The number of hydrogen-bond donors (Lipinski definition) is 2. The minimum absolute atomic E-state index is 0.0939. The van der Waals surface area contributed by atoms with E-state index in [0.717, 1.165) is 5.56 Å². The van der Waals surface area contributed by atoms with E-state index in [1.165, 1.54) is 18.3 Å². The smallest absolute Gasteiger partial charge is 0.272 e. The Bertz CT molecular complexity index is 1030. The monoisotopic (exact) mass is 366 g/mol. The summed E-state index contributed by atoms with van der Waals surface area (Å²) in [6.45, 7) is 1.82. The summed E-state index contributed by atoms with van der Waals surface area (Å²) < 4.78 is 13.1. The molecule has 1 amide bonds. The number of carbonyl (C=O) groups excluding carboxylic acids is 1. The Morgan fingerprint density at radius 1 is 1.19 bits per heavy atom. The highest BCUT2D eigenvalue weighted by molar-refractivity contribution is 5.94. The van der Waals surface area contributed by atoms with Gasteiger partial charge >= 0.3 is 0 Å². The van der Waals surface area contributed by atoms with E-state index in [4.69, 9.17) is 0 Å². The minimum atomic E-state index is -0.256. The first-order valence-electron chi connectivity index (χ1n) is 8.86. The Morgan fingerprint density at radius 2 is 2.00 bits per heavy atom. The molecule has 1 aliphatic rings. The molecule has 0 radical (unpaired) electrons. The fourth-order valence-electron chi connectivity index (χ4n) is 3.40. The number of piperazine rings is 1. The maximum absolute atomic E-state index is 13.1. The quantitative estimate of drug-likeness (QED) is 0.740. The predicted molar refractivity (Wildman–Crippen MR) is 100 cm³/mol. The van der Waals surface area contributed by atoms with E-state index in [1.807, 2.05) is 0 Å². The van der Waals surface area contributed by atoms with Crippen molar-refractivity contribution in [3.8, 4) is 0 Å². The van der Waals surface area contributed by atoms with Gasteiger partial charge < -0.3 is 15.2 Å². The van der Waals surface area contributed by atoms with Crippen molar-refractivity contribution >= 4 is 16.8 Å². The highest BCUT2D eigenvalue weighted by Crippen LogP contribution is 2.13. The third kappa shape index (κ3) is 3.73. The van der Waals surface area contributed by atoms with Crippen LogP contribution in [0.3, 0.4) is 0 Å². The van der Waals surface area contributed by atoms with Gasteiger partial charge in [0, 0.05) is 31.9 Å². The molecule has 0 bridgehead atoms. The van der Waals surface area contributed by atoms with Gasteiger partial charge in [0.25, 0.3) is 11.5 Å². The number of aromatic nitrogens is 2. The number of aromatic amines is 1. The Morgan fingerprint density at radius 3 is 2.81 bits per heavy atom. The van der Waals surface area contributed by atoms with Gasteiger partial charge in [-0.3, -0.25) is 9.59 Å². The van der Waals surface area contributed by atoms with Gasteiger partial charge in [-0.25, -0.2) is 9.37 Å². The summed E-state index contributed by atoms with van der Waals surface area (Å²) in [5.41, 5.74) is 1.63. The van der Waals surface area contributed by atoms with Crippen LogP contribution in [-0.4, -0.2) is 46.5 Å². The minimum Gasteiger partial charge on any atom is -0.334 e. The second-order valence-corrected chi connectivity index (χ2v) is 6.67. The number of pyridine rings is 2. The third-order valence-electron chi connectivity index (χ3n) is 4.78. The number of halogens is 1. The molecule has 2 aromatic heterocycles. The Labute approximate surface area is 155 Å². The molecule has 1 saturated heterocycles. The highest BCUT2D eigenvalue weighted by atomic mass is 19.1. The predicted octanol–water partition coefficient (Wildman–Crippen LogP) is 1.72. The molecule has 4 rings (SSSR count). The zero-order chi connectivity index (χ0) is 18.8. The normalized spacial score (nSPS) is 17.2. The van der Waals surface area contributed by atoms with Crippen LogP contribution in [0.4, 0.5) is 4.39 Å². The summed E-state index contributed by atoms with van der Waals surface area (Å²) in [6.07, 6.45) is 2.24. The van der Waals surface area contributed by atoms with Gasteiger partial charge in [-0.05, 0) is 42.3 Å². The summed E-state index contributed by atoms with van der Waals surface area (Å²) in [4.78, 5) is 33.4. The van der Waals surface area contributed by atoms with E-state index in [-0.39, 0.29) is 23.3 Å². The van der Waals surface area contributed by atoms with Crippen LogP contribution in [-0.2, 0) is 6.42 Å². The van der Waals surface area contributed by atoms with E-state index < -0.39 is 0 Å². The lowest BCUT2D eigenvalue weighted by Gasteiger charge is -2.33. The molecule has 2 N–H and O–H groups in total. The van der Waals surface area contributed by atoms with E-state index in [0.29, 0.717) is 42.7 Å². The van der Waals surface area contributed by atoms with Crippen LogP contribution in [0.15, 0.2) is 53.5 Å². The Balaban J connectivity index is 1.50. The molecule has 1 aromatic carbocycles. The Hall–Kier alpha value is -3.06. The van der Waals surface area contributed by atoms with Gasteiger partial charge in [0.1, 0.15) is 11.5 Å². The maximum Gasteiger partial charge on any atom is 0.272 e.